The molecule has 0 bridgehead atoms. The van der Waals surface area contributed by atoms with Gasteiger partial charge in [0.1, 0.15) is 5.69 Å². The molecule has 0 saturated heterocycles. The summed E-state index contributed by atoms with van der Waals surface area (Å²) < 4.78 is 11.3. The number of halogens is 1. The van der Waals surface area contributed by atoms with E-state index in [-0.39, 0.29) is 6.04 Å². The van der Waals surface area contributed by atoms with E-state index in [9.17, 15) is 0 Å². The smallest absolute Gasteiger partial charge is 0.240 e. The number of nitrogens with zero attached hydrogens (tertiary/aromatic N) is 2. The standard InChI is InChI=1S/C14H17BrN4O2/c1-20-12-8-17-13(14(18-12)21-2)11(19-16)7-9-3-5-10(15)6-4-9/h3-6,8,11,19H,7,16H2,1-2H3. The van der Waals surface area contributed by atoms with Crippen LogP contribution in [0.4, 0.5) is 0 Å². The molecule has 1 aromatic carbocycles. The van der Waals surface area contributed by atoms with E-state index in [4.69, 9.17) is 15.3 Å². The predicted molar refractivity (Wildman–Crippen MR) is 83.0 cm³/mol. The first kappa shape index (κ1) is 15.7. The summed E-state index contributed by atoms with van der Waals surface area (Å²) in [5.74, 6) is 6.46. The Kier molecular flexibility index (Phi) is 5.49. The van der Waals surface area contributed by atoms with Crippen LogP contribution in [0, 0.1) is 0 Å². The Hall–Kier alpha value is -1.70. The second-order valence-electron chi connectivity index (χ2n) is 4.36. The minimum Gasteiger partial charge on any atom is -0.480 e. The average molecular weight is 353 g/mol. The highest BCUT2D eigenvalue weighted by molar-refractivity contribution is 9.10. The molecule has 21 heavy (non-hydrogen) atoms. The van der Waals surface area contributed by atoms with Gasteiger partial charge in [-0.1, -0.05) is 28.1 Å². The van der Waals surface area contributed by atoms with Crippen molar-refractivity contribution >= 4 is 15.9 Å². The number of aromatic nitrogens is 2. The van der Waals surface area contributed by atoms with Gasteiger partial charge in [0.15, 0.2) is 0 Å². The normalized spacial score (nSPS) is 12.0. The first-order valence-corrected chi connectivity index (χ1v) is 7.12. The zero-order valence-electron chi connectivity index (χ0n) is 11.8. The van der Waals surface area contributed by atoms with Gasteiger partial charge in [-0.2, -0.15) is 4.98 Å². The summed E-state index contributed by atoms with van der Waals surface area (Å²) in [4.78, 5) is 8.57. The van der Waals surface area contributed by atoms with Gasteiger partial charge in [-0.05, 0) is 24.1 Å². The van der Waals surface area contributed by atoms with E-state index in [0.717, 1.165) is 10.0 Å². The first-order valence-electron chi connectivity index (χ1n) is 6.33. The second-order valence-corrected chi connectivity index (χ2v) is 5.27. The van der Waals surface area contributed by atoms with Crippen molar-refractivity contribution in [2.24, 2.45) is 5.84 Å². The minimum absolute atomic E-state index is 0.209. The summed E-state index contributed by atoms with van der Waals surface area (Å²) in [6.45, 7) is 0. The molecular weight excluding hydrogens is 336 g/mol. The second kappa shape index (κ2) is 7.35. The zero-order chi connectivity index (χ0) is 15.2. The highest BCUT2D eigenvalue weighted by Gasteiger charge is 2.19. The predicted octanol–water partition coefficient (Wildman–Crippen LogP) is 2.00. The number of nitrogens with one attached hydrogen (secondary N) is 1. The summed E-state index contributed by atoms with van der Waals surface area (Å²) in [6, 6.07) is 7.81. The third kappa shape index (κ3) is 3.90. The third-order valence-corrected chi connectivity index (χ3v) is 3.56. The molecule has 1 aromatic heterocycles. The van der Waals surface area contributed by atoms with Crippen molar-refractivity contribution in [3.63, 3.8) is 0 Å². The van der Waals surface area contributed by atoms with Crippen molar-refractivity contribution in [3.05, 3.63) is 46.2 Å². The summed E-state index contributed by atoms with van der Waals surface area (Å²) in [6.07, 6.45) is 2.21. The van der Waals surface area contributed by atoms with Crippen molar-refractivity contribution in [1.82, 2.24) is 15.4 Å². The van der Waals surface area contributed by atoms with Crippen LogP contribution in [0.25, 0.3) is 0 Å². The fourth-order valence-corrected chi connectivity index (χ4v) is 2.21. The lowest BCUT2D eigenvalue weighted by Crippen LogP contribution is -2.30. The highest BCUT2D eigenvalue weighted by Crippen LogP contribution is 2.25. The molecule has 0 radical (unpaired) electrons. The van der Waals surface area contributed by atoms with E-state index in [2.05, 4.69) is 31.3 Å². The van der Waals surface area contributed by atoms with Crippen LogP contribution in [0.5, 0.6) is 11.8 Å². The van der Waals surface area contributed by atoms with Gasteiger partial charge >= 0.3 is 0 Å². The van der Waals surface area contributed by atoms with Crippen molar-refractivity contribution in [2.75, 3.05) is 14.2 Å². The van der Waals surface area contributed by atoms with E-state index in [1.54, 1.807) is 13.3 Å². The molecule has 6 nitrogen and oxygen atoms in total. The molecule has 7 heteroatoms. The van der Waals surface area contributed by atoms with Crippen molar-refractivity contribution in [2.45, 2.75) is 12.5 Å². The van der Waals surface area contributed by atoms with Crippen LogP contribution >= 0.6 is 15.9 Å². The van der Waals surface area contributed by atoms with Crippen molar-refractivity contribution in [3.8, 4) is 11.8 Å². The van der Waals surface area contributed by atoms with Crippen molar-refractivity contribution in [1.29, 1.82) is 0 Å². The molecule has 112 valence electrons. The molecule has 0 fully saturated rings. The highest BCUT2D eigenvalue weighted by atomic mass is 79.9. The van der Waals surface area contributed by atoms with Crippen LogP contribution < -0.4 is 20.7 Å². The lowest BCUT2D eigenvalue weighted by Gasteiger charge is -2.17. The maximum Gasteiger partial charge on any atom is 0.240 e. The topological polar surface area (TPSA) is 82.3 Å². The maximum absolute atomic E-state index is 5.66. The number of hydrogen-bond donors (Lipinski definition) is 2. The van der Waals surface area contributed by atoms with Gasteiger partial charge in [0.25, 0.3) is 0 Å². The fourth-order valence-electron chi connectivity index (χ4n) is 1.94. The quantitative estimate of drug-likeness (QED) is 0.611. The lowest BCUT2D eigenvalue weighted by molar-refractivity contribution is 0.349. The van der Waals surface area contributed by atoms with E-state index in [1.165, 1.54) is 7.11 Å². The van der Waals surface area contributed by atoms with Crippen LogP contribution in [-0.2, 0) is 6.42 Å². The van der Waals surface area contributed by atoms with Crippen LogP contribution in [0.1, 0.15) is 17.3 Å². The molecule has 2 aromatic rings. The molecule has 2 rings (SSSR count). The number of ether oxygens (including phenoxy) is 2. The third-order valence-electron chi connectivity index (χ3n) is 3.03. The Morgan fingerprint density at radius 3 is 2.52 bits per heavy atom. The molecule has 3 N–H and O–H groups in total. The van der Waals surface area contributed by atoms with Crippen LogP contribution in [0.3, 0.4) is 0 Å². The van der Waals surface area contributed by atoms with E-state index in [1.807, 2.05) is 24.3 Å². The summed E-state index contributed by atoms with van der Waals surface area (Å²) >= 11 is 3.42. The average Bonchev–Trinajstić information content (AvgIpc) is 2.53. The van der Waals surface area contributed by atoms with E-state index in [0.29, 0.717) is 23.9 Å². The van der Waals surface area contributed by atoms with Crippen LogP contribution in [0.2, 0.25) is 0 Å². The molecule has 0 aliphatic heterocycles. The first-order chi connectivity index (χ1) is 10.2. The molecule has 1 heterocycles. The molecule has 0 aliphatic carbocycles. The van der Waals surface area contributed by atoms with E-state index >= 15 is 0 Å². The van der Waals surface area contributed by atoms with E-state index < -0.39 is 0 Å². The molecular formula is C14H17BrN4O2. The molecule has 1 atom stereocenters. The molecule has 1 unspecified atom stereocenters. The SMILES string of the molecule is COc1cnc(C(Cc2ccc(Br)cc2)NN)c(OC)n1. The van der Waals surface area contributed by atoms with Crippen molar-refractivity contribution < 1.29 is 9.47 Å². The zero-order valence-corrected chi connectivity index (χ0v) is 13.4. The number of methoxy groups -OCH3 is 2. The van der Waals surface area contributed by atoms with Gasteiger partial charge in [-0.25, -0.2) is 4.98 Å². The number of nitrogens with two attached hydrogens (primary N) is 1. The molecule has 0 saturated carbocycles. The largest absolute Gasteiger partial charge is 0.480 e. The number of hydrazine groups is 1. The monoisotopic (exact) mass is 352 g/mol. The molecule has 0 amide bonds. The number of benzene rings is 1. The Morgan fingerprint density at radius 2 is 1.95 bits per heavy atom. The van der Waals surface area contributed by atoms with Gasteiger partial charge in [0, 0.05) is 4.47 Å². The number of hydrogen-bond acceptors (Lipinski definition) is 6. The van der Waals surface area contributed by atoms with Gasteiger partial charge in [0.2, 0.25) is 11.8 Å². The maximum atomic E-state index is 5.66. The number of rotatable bonds is 6. The van der Waals surface area contributed by atoms with Crippen LogP contribution in [-0.4, -0.2) is 24.2 Å². The Bertz CT molecular complexity index is 592. The van der Waals surface area contributed by atoms with Crippen LogP contribution in [0.15, 0.2) is 34.9 Å². The fraction of sp³-hybridized carbons (Fsp3) is 0.286. The van der Waals surface area contributed by atoms with Gasteiger partial charge < -0.3 is 9.47 Å². The Labute approximate surface area is 131 Å². The summed E-state index contributed by atoms with van der Waals surface area (Å²) in [5.41, 5.74) is 4.53. The Morgan fingerprint density at radius 1 is 1.24 bits per heavy atom. The summed E-state index contributed by atoms with van der Waals surface area (Å²) in [5, 5.41) is 0. The molecule has 0 spiro atoms. The van der Waals surface area contributed by atoms with Gasteiger partial charge in [-0.15, -0.1) is 0 Å². The lowest BCUT2D eigenvalue weighted by atomic mass is 10.0. The summed E-state index contributed by atoms with van der Waals surface area (Å²) in [7, 11) is 3.07. The minimum atomic E-state index is -0.209. The molecule has 0 aliphatic rings. The Balaban J connectivity index is 2.26. The van der Waals surface area contributed by atoms with Gasteiger partial charge in [0.05, 0.1) is 26.5 Å². The van der Waals surface area contributed by atoms with Gasteiger partial charge in [-0.3, -0.25) is 11.3 Å².